The van der Waals surface area contributed by atoms with Crippen molar-refractivity contribution in [2.45, 2.75) is 72.3 Å². The van der Waals surface area contributed by atoms with E-state index in [0.29, 0.717) is 6.61 Å². The third-order valence-corrected chi connectivity index (χ3v) is 4.61. The summed E-state index contributed by atoms with van der Waals surface area (Å²) in [5, 5.41) is 3.62. The molecule has 0 unspecified atom stereocenters. The molecule has 0 heterocycles. The van der Waals surface area contributed by atoms with Crippen LogP contribution in [0.15, 0.2) is 0 Å². The summed E-state index contributed by atoms with van der Waals surface area (Å²) in [7, 11) is 0. The topological polar surface area (TPSA) is 38.3 Å². The molecule has 0 aliphatic heterocycles. The molecule has 0 aromatic carbocycles. The van der Waals surface area contributed by atoms with Crippen LogP contribution in [0.5, 0.6) is 0 Å². The van der Waals surface area contributed by atoms with Crippen molar-refractivity contribution < 1.29 is 9.53 Å². The van der Waals surface area contributed by atoms with E-state index in [2.05, 4.69) is 33.0 Å². The molecule has 0 aromatic heterocycles. The van der Waals surface area contributed by atoms with E-state index < -0.39 is 5.54 Å². The lowest BCUT2D eigenvalue weighted by molar-refractivity contribution is -0.158. The first-order valence-corrected chi connectivity index (χ1v) is 8.10. The second-order valence-electron chi connectivity index (χ2n) is 8.49. The highest BCUT2D eigenvalue weighted by Gasteiger charge is 2.52. The quantitative estimate of drug-likeness (QED) is 0.784. The summed E-state index contributed by atoms with van der Waals surface area (Å²) >= 11 is 0. The van der Waals surface area contributed by atoms with E-state index in [1.807, 2.05) is 6.92 Å². The highest BCUT2D eigenvalue weighted by molar-refractivity contribution is 5.81. The molecule has 2 fully saturated rings. The number of esters is 1. The molecule has 2 saturated carbocycles. The maximum Gasteiger partial charge on any atom is 0.326 e. The van der Waals surface area contributed by atoms with Gasteiger partial charge in [0.2, 0.25) is 0 Å². The van der Waals surface area contributed by atoms with Crippen molar-refractivity contribution in [1.82, 2.24) is 5.32 Å². The van der Waals surface area contributed by atoms with Crippen molar-refractivity contribution >= 4 is 5.97 Å². The molecule has 1 N–H and O–H groups in total. The van der Waals surface area contributed by atoms with Crippen molar-refractivity contribution in [3.63, 3.8) is 0 Å². The molecule has 0 aromatic rings. The second kappa shape index (κ2) is 5.32. The molecular weight excluding hydrogens is 250 g/mol. The predicted molar refractivity (Wildman–Crippen MR) is 81.5 cm³/mol. The van der Waals surface area contributed by atoms with E-state index in [0.717, 1.165) is 31.7 Å². The van der Waals surface area contributed by atoms with E-state index in [9.17, 15) is 4.79 Å². The van der Waals surface area contributed by atoms with Gasteiger partial charge in [-0.2, -0.15) is 0 Å². The van der Waals surface area contributed by atoms with Crippen LogP contribution in [-0.4, -0.2) is 24.7 Å². The highest BCUT2D eigenvalue weighted by atomic mass is 16.5. The Labute approximate surface area is 123 Å². The van der Waals surface area contributed by atoms with E-state index >= 15 is 0 Å². The Morgan fingerprint density at radius 2 is 1.65 bits per heavy atom. The van der Waals surface area contributed by atoms with Crippen LogP contribution >= 0.6 is 0 Å². The molecule has 2 aliphatic carbocycles. The van der Waals surface area contributed by atoms with Gasteiger partial charge in [-0.05, 0) is 62.3 Å². The smallest absolute Gasteiger partial charge is 0.326 e. The molecule has 2 rings (SSSR count). The summed E-state index contributed by atoms with van der Waals surface area (Å²) in [6.07, 6.45) is 5.54. The average Bonchev–Trinajstić information content (AvgIpc) is 3.06. The number of nitrogens with one attached hydrogen (secondary N) is 1. The minimum Gasteiger partial charge on any atom is -0.465 e. The zero-order valence-electron chi connectivity index (χ0n) is 13.8. The number of carbonyl (C=O) groups excluding carboxylic acids is 1. The lowest BCUT2D eigenvalue weighted by Crippen LogP contribution is -2.60. The van der Waals surface area contributed by atoms with Crippen molar-refractivity contribution in [3.8, 4) is 0 Å². The minimum atomic E-state index is -0.482. The molecule has 3 heteroatoms. The van der Waals surface area contributed by atoms with Gasteiger partial charge in [0.25, 0.3) is 0 Å². The Morgan fingerprint density at radius 3 is 2.10 bits per heavy atom. The van der Waals surface area contributed by atoms with Gasteiger partial charge in [-0.3, -0.25) is 4.79 Å². The molecule has 0 atom stereocenters. The number of ether oxygens (including phenoxy) is 1. The predicted octanol–water partition coefficient (Wildman–Crippen LogP) is 3.52. The lowest BCUT2D eigenvalue weighted by Gasteiger charge is -2.51. The highest BCUT2D eigenvalue weighted by Crippen LogP contribution is 2.50. The Balaban J connectivity index is 2.20. The van der Waals surface area contributed by atoms with Crippen LogP contribution in [0.1, 0.15) is 66.7 Å². The standard InChI is InChI=1S/C17H31NO2/c1-6-20-14(19)17(18-9-13-7-8-13)11-15(2,3)10-16(4,5)12-17/h13,18H,6-12H2,1-5H3. The zero-order chi connectivity index (χ0) is 15.0. The van der Waals surface area contributed by atoms with Gasteiger partial charge in [-0.1, -0.05) is 27.7 Å². The normalized spacial score (nSPS) is 27.1. The summed E-state index contributed by atoms with van der Waals surface area (Å²) in [6, 6.07) is 0. The van der Waals surface area contributed by atoms with Gasteiger partial charge in [0.05, 0.1) is 6.61 Å². The largest absolute Gasteiger partial charge is 0.465 e. The Hall–Kier alpha value is -0.570. The molecule has 0 amide bonds. The van der Waals surface area contributed by atoms with Crippen LogP contribution < -0.4 is 5.32 Å². The summed E-state index contributed by atoms with van der Waals surface area (Å²) in [5.41, 5.74) is -0.139. The fourth-order valence-electron chi connectivity index (χ4n) is 4.39. The van der Waals surface area contributed by atoms with Crippen LogP contribution in [0.4, 0.5) is 0 Å². The molecule has 0 saturated heterocycles. The number of hydrogen-bond acceptors (Lipinski definition) is 3. The monoisotopic (exact) mass is 281 g/mol. The average molecular weight is 281 g/mol. The Morgan fingerprint density at radius 1 is 1.10 bits per heavy atom. The molecule has 0 spiro atoms. The summed E-state index contributed by atoms with van der Waals surface area (Å²) < 4.78 is 5.42. The first-order valence-electron chi connectivity index (χ1n) is 8.10. The maximum absolute atomic E-state index is 12.6. The molecule has 20 heavy (non-hydrogen) atoms. The third kappa shape index (κ3) is 3.75. The molecular formula is C17H31NO2. The Bertz CT molecular complexity index is 353. The molecule has 116 valence electrons. The van der Waals surface area contributed by atoms with E-state index in [1.165, 1.54) is 12.8 Å². The van der Waals surface area contributed by atoms with Gasteiger partial charge in [0, 0.05) is 0 Å². The molecule has 0 radical (unpaired) electrons. The van der Waals surface area contributed by atoms with E-state index in [1.54, 1.807) is 0 Å². The van der Waals surface area contributed by atoms with E-state index in [4.69, 9.17) is 4.74 Å². The fraction of sp³-hybridized carbons (Fsp3) is 0.941. The van der Waals surface area contributed by atoms with Crippen molar-refractivity contribution in [2.75, 3.05) is 13.2 Å². The van der Waals surface area contributed by atoms with Crippen molar-refractivity contribution in [2.24, 2.45) is 16.7 Å². The SMILES string of the molecule is CCOC(=O)C1(NCC2CC2)CC(C)(C)CC(C)(C)C1. The number of rotatable bonds is 5. The zero-order valence-corrected chi connectivity index (χ0v) is 13.8. The van der Waals surface area contributed by atoms with Crippen molar-refractivity contribution in [3.05, 3.63) is 0 Å². The van der Waals surface area contributed by atoms with Crippen molar-refractivity contribution in [1.29, 1.82) is 0 Å². The number of hydrogen-bond donors (Lipinski definition) is 1. The van der Waals surface area contributed by atoms with Crippen LogP contribution in [0.25, 0.3) is 0 Å². The van der Waals surface area contributed by atoms with Crippen LogP contribution in [0.2, 0.25) is 0 Å². The van der Waals surface area contributed by atoms with Gasteiger partial charge < -0.3 is 10.1 Å². The third-order valence-electron chi connectivity index (χ3n) is 4.61. The molecule has 0 bridgehead atoms. The lowest BCUT2D eigenvalue weighted by atomic mass is 9.58. The second-order valence-corrected chi connectivity index (χ2v) is 8.49. The van der Waals surface area contributed by atoms with Crippen LogP contribution in [0, 0.1) is 16.7 Å². The maximum atomic E-state index is 12.6. The summed E-state index contributed by atoms with van der Waals surface area (Å²) in [4.78, 5) is 12.6. The van der Waals surface area contributed by atoms with Gasteiger partial charge in [-0.25, -0.2) is 0 Å². The molecule has 2 aliphatic rings. The van der Waals surface area contributed by atoms with Crippen LogP contribution in [-0.2, 0) is 9.53 Å². The summed E-state index contributed by atoms with van der Waals surface area (Å²) in [5.74, 6) is 0.732. The van der Waals surface area contributed by atoms with Gasteiger partial charge >= 0.3 is 5.97 Å². The summed E-state index contributed by atoms with van der Waals surface area (Å²) in [6.45, 7) is 12.4. The fourth-order valence-corrected chi connectivity index (χ4v) is 4.39. The van der Waals surface area contributed by atoms with Crippen LogP contribution in [0.3, 0.4) is 0 Å². The minimum absolute atomic E-state index is 0.0403. The van der Waals surface area contributed by atoms with Gasteiger partial charge in [-0.15, -0.1) is 0 Å². The first-order chi connectivity index (χ1) is 9.18. The molecule has 3 nitrogen and oxygen atoms in total. The van der Waals surface area contributed by atoms with Gasteiger partial charge in [0.15, 0.2) is 0 Å². The first kappa shape index (κ1) is 15.8. The van der Waals surface area contributed by atoms with Gasteiger partial charge in [0.1, 0.15) is 5.54 Å². The Kier molecular flexibility index (Phi) is 4.21. The van der Waals surface area contributed by atoms with E-state index in [-0.39, 0.29) is 16.8 Å². The number of carbonyl (C=O) groups is 1.